The molecule has 1 saturated carbocycles. The van der Waals surface area contributed by atoms with Crippen LogP contribution in [-0.4, -0.2) is 39.3 Å². The van der Waals surface area contributed by atoms with E-state index in [9.17, 15) is 15.0 Å². The van der Waals surface area contributed by atoms with Crippen LogP contribution in [0.4, 0.5) is 0 Å². The van der Waals surface area contributed by atoms with Gasteiger partial charge >= 0.3 is 5.97 Å². The van der Waals surface area contributed by atoms with Gasteiger partial charge in [0.2, 0.25) is 0 Å². The molecule has 3 rings (SSSR count). The van der Waals surface area contributed by atoms with Gasteiger partial charge in [-0.3, -0.25) is 9.69 Å². The Hall–Kier alpha value is -1.39. The van der Waals surface area contributed by atoms with Gasteiger partial charge in [-0.15, -0.1) is 0 Å². The summed E-state index contributed by atoms with van der Waals surface area (Å²) in [7, 11) is 0. The predicted molar refractivity (Wildman–Crippen MR) is 75.3 cm³/mol. The molecule has 4 heteroatoms. The molecular formula is C16H21NO3. The third-order valence-corrected chi connectivity index (χ3v) is 4.95. The maximum Gasteiger partial charge on any atom is 0.321 e. The summed E-state index contributed by atoms with van der Waals surface area (Å²) in [5.74, 6) is -0.582. The minimum Gasteiger partial charge on any atom is -0.480 e. The Labute approximate surface area is 119 Å². The van der Waals surface area contributed by atoms with Crippen LogP contribution in [0.2, 0.25) is 0 Å². The molecule has 2 aliphatic rings. The van der Waals surface area contributed by atoms with Crippen molar-refractivity contribution in [1.82, 2.24) is 4.90 Å². The van der Waals surface area contributed by atoms with Crippen molar-refractivity contribution >= 4 is 5.97 Å². The fraction of sp³-hybridized carbons (Fsp3) is 0.562. The van der Waals surface area contributed by atoms with Gasteiger partial charge in [0.15, 0.2) is 0 Å². The molecule has 2 bridgehead atoms. The third-order valence-electron chi connectivity index (χ3n) is 4.95. The van der Waals surface area contributed by atoms with Crippen molar-refractivity contribution in [3.8, 4) is 0 Å². The number of aliphatic hydroxyl groups excluding tert-OH is 1. The molecule has 1 aromatic rings. The number of rotatable bonds is 3. The van der Waals surface area contributed by atoms with E-state index >= 15 is 0 Å². The lowest BCUT2D eigenvalue weighted by molar-refractivity contribution is -0.145. The topological polar surface area (TPSA) is 60.8 Å². The maximum atomic E-state index is 11.7. The Kier molecular flexibility index (Phi) is 3.52. The Morgan fingerprint density at radius 2 is 2.00 bits per heavy atom. The highest BCUT2D eigenvalue weighted by Gasteiger charge is 2.52. The fourth-order valence-electron chi connectivity index (χ4n) is 3.98. The molecule has 2 fully saturated rings. The number of hydrogen-bond acceptors (Lipinski definition) is 3. The van der Waals surface area contributed by atoms with Gasteiger partial charge in [0, 0.05) is 12.1 Å². The number of aliphatic carboxylic acids is 1. The molecule has 1 aliphatic heterocycles. The summed E-state index contributed by atoms with van der Waals surface area (Å²) in [6, 6.07) is 9.48. The second kappa shape index (κ2) is 5.19. The lowest BCUT2D eigenvalue weighted by Gasteiger charge is -2.35. The molecule has 108 valence electrons. The van der Waals surface area contributed by atoms with Crippen LogP contribution in [-0.2, 0) is 4.79 Å². The van der Waals surface area contributed by atoms with Crippen LogP contribution in [0.15, 0.2) is 30.3 Å². The molecule has 0 amide bonds. The van der Waals surface area contributed by atoms with Crippen molar-refractivity contribution in [2.24, 2.45) is 5.92 Å². The van der Waals surface area contributed by atoms with E-state index in [0.717, 1.165) is 24.8 Å². The number of likely N-dealkylation sites (tertiary alicyclic amines) is 1. The molecule has 1 heterocycles. The van der Waals surface area contributed by atoms with Crippen LogP contribution in [0.5, 0.6) is 0 Å². The standard InChI is InChI=1S/C16H21NO3/c1-10(11-5-3-2-4-6-11)17-13-9-12(7-8-14(13)18)15(17)16(19)20/h2-6,10,12-15,18H,7-9H2,1H3,(H,19,20)/t10-,12-,13-,14-,15+/m1/s1. The number of fused-ring (bicyclic) bond motifs is 2. The fourth-order valence-corrected chi connectivity index (χ4v) is 3.98. The van der Waals surface area contributed by atoms with E-state index < -0.39 is 18.1 Å². The molecule has 0 unspecified atom stereocenters. The van der Waals surface area contributed by atoms with Crippen molar-refractivity contribution in [3.05, 3.63) is 35.9 Å². The Morgan fingerprint density at radius 1 is 1.30 bits per heavy atom. The van der Waals surface area contributed by atoms with Crippen LogP contribution in [0.1, 0.15) is 37.8 Å². The summed E-state index contributed by atoms with van der Waals surface area (Å²) < 4.78 is 0. The van der Waals surface area contributed by atoms with Crippen LogP contribution in [0.25, 0.3) is 0 Å². The molecule has 4 nitrogen and oxygen atoms in total. The zero-order valence-electron chi connectivity index (χ0n) is 11.6. The van der Waals surface area contributed by atoms with Crippen molar-refractivity contribution in [2.75, 3.05) is 0 Å². The first-order valence-corrected chi connectivity index (χ1v) is 7.33. The molecule has 2 N–H and O–H groups in total. The van der Waals surface area contributed by atoms with E-state index in [1.54, 1.807) is 0 Å². The molecule has 1 aliphatic carbocycles. The van der Waals surface area contributed by atoms with Gasteiger partial charge in [-0.05, 0) is 37.7 Å². The first-order valence-electron chi connectivity index (χ1n) is 7.33. The predicted octanol–water partition coefficient (Wildman–Crippen LogP) is 2.05. The van der Waals surface area contributed by atoms with Crippen molar-refractivity contribution in [1.29, 1.82) is 0 Å². The van der Waals surface area contributed by atoms with Gasteiger partial charge in [-0.2, -0.15) is 0 Å². The van der Waals surface area contributed by atoms with Gasteiger partial charge < -0.3 is 10.2 Å². The lowest BCUT2D eigenvalue weighted by atomic mass is 9.85. The molecule has 0 radical (unpaired) electrons. The van der Waals surface area contributed by atoms with Gasteiger partial charge in [0.25, 0.3) is 0 Å². The Balaban J connectivity index is 1.94. The molecule has 5 atom stereocenters. The van der Waals surface area contributed by atoms with Gasteiger partial charge in [-0.25, -0.2) is 0 Å². The first-order chi connectivity index (χ1) is 9.59. The van der Waals surface area contributed by atoms with Gasteiger partial charge in [0.05, 0.1) is 6.10 Å². The van der Waals surface area contributed by atoms with Crippen molar-refractivity contribution in [3.63, 3.8) is 0 Å². The van der Waals surface area contributed by atoms with Crippen LogP contribution >= 0.6 is 0 Å². The van der Waals surface area contributed by atoms with Crippen molar-refractivity contribution < 1.29 is 15.0 Å². The Morgan fingerprint density at radius 3 is 2.65 bits per heavy atom. The SMILES string of the molecule is C[C@H](c1ccccc1)N1[C@@H]2C[C@@H](CC[C@H]2O)[C@H]1C(=O)O. The molecule has 20 heavy (non-hydrogen) atoms. The van der Waals surface area contributed by atoms with E-state index in [4.69, 9.17) is 0 Å². The normalized spacial score (nSPS) is 34.9. The number of aliphatic hydroxyl groups is 1. The molecular weight excluding hydrogens is 254 g/mol. The second-order valence-corrected chi connectivity index (χ2v) is 6.02. The largest absolute Gasteiger partial charge is 0.480 e. The van der Waals surface area contributed by atoms with E-state index in [-0.39, 0.29) is 18.0 Å². The second-order valence-electron chi connectivity index (χ2n) is 6.02. The van der Waals surface area contributed by atoms with E-state index in [1.165, 1.54) is 0 Å². The highest BCUT2D eigenvalue weighted by molar-refractivity contribution is 5.74. The summed E-state index contributed by atoms with van der Waals surface area (Å²) in [5.41, 5.74) is 1.11. The lowest BCUT2D eigenvalue weighted by Crippen LogP contribution is -2.46. The summed E-state index contributed by atoms with van der Waals surface area (Å²) in [6.45, 7) is 2.04. The average Bonchev–Trinajstić information content (AvgIpc) is 2.78. The minimum atomic E-state index is -0.755. The highest BCUT2D eigenvalue weighted by atomic mass is 16.4. The number of carboxylic acid groups (broad SMARTS) is 1. The van der Waals surface area contributed by atoms with Gasteiger partial charge in [-0.1, -0.05) is 30.3 Å². The quantitative estimate of drug-likeness (QED) is 0.886. The highest BCUT2D eigenvalue weighted by Crippen LogP contribution is 2.44. The summed E-state index contributed by atoms with van der Waals surface area (Å²) in [4.78, 5) is 13.7. The zero-order chi connectivity index (χ0) is 14.3. The van der Waals surface area contributed by atoms with E-state index in [0.29, 0.717) is 0 Å². The van der Waals surface area contributed by atoms with Crippen LogP contribution in [0.3, 0.4) is 0 Å². The number of hydrogen-bond donors (Lipinski definition) is 2. The van der Waals surface area contributed by atoms with Crippen LogP contribution in [0, 0.1) is 5.92 Å². The van der Waals surface area contributed by atoms with Crippen LogP contribution < -0.4 is 0 Å². The van der Waals surface area contributed by atoms with Gasteiger partial charge in [0.1, 0.15) is 6.04 Å². The molecule has 0 spiro atoms. The number of carboxylic acids is 1. The van der Waals surface area contributed by atoms with E-state index in [2.05, 4.69) is 0 Å². The first kappa shape index (κ1) is 13.6. The molecule has 1 aromatic carbocycles. The summed E-state index contributed by atoms with van der Waals surface area (Å²) >= 11 is 0. The Bertz CT molecular complexity index is 490. The average molecular weight is 275 g/mol. The smallest absolute Gasteiger partial charge is 0.321 e. The molecule has 0 aromatic heterocycles. The summed E-state index contributed by atoms with van der Waals surface area (Å²) in [6.07, 6.45) is 1.93. The zero-order valence-corrected chi connectivity index (χ0v) is 11.6. The van der Waals surface area contributed by atoms with Crippen molar-refractivity contribution in [2.45, 2.75) is 50.4 Å². The molecule has 1 saturated heterocycles. The minimum absolute atomic E-state index is 0.0139. The maximum absolute atomic E-state index is 11.7. The number of carbonyl (C=O) groups is 1. The monoisotopic (exact) mass is 275 g/mol. The summed E-state index contributed by atoms with van der Waals surface area (Å²) in [5, 5.41) is 19.8. The third kappa shape index (κ3) is 2.13. The number of nitrogens with zero attached hydrogens (tertiary/aromatic N) is 1. The van der Waals surface area contributed by atoms with E-state index in [1.807, 2.05) is 42.2 Å². The number of benzene rings is 1.